The van der Waals surface area contributed by atoms with Crippen LogP contribution in [0.15, 0.2) is 49.1 Å². The average Bonchev–Trinajstić information content (AvgIpc) is 3.86. The smallest absolute Gasteiger partial charge is 0.411 e. The summed E-state index contributed by atoms with van der Waals surface area (Å²) in [6, 6.07) is 7.69. The largest absolute Gasteiger partial charge is 0.540 e. The van der Waals surface area contributed by atoms with Crippen molar-refractivity contribution in [1.29, 1.82) is 0 Å². The highest BCUT2D eigenvalue weighted by atomic mass is 28.4. The number of anilines is 2. The monoisotopic (exact) mass is 851 g/mol. The number of methoxy groups -OCH3 is 1. The molecule has 3 atom stereocenters. The van der Waals surface area contributed by atoms with Gasteiger partial charge in [0.1, 0.15) is 31.0 Å². The molecule has 15 nitrogen and oxygen atoms in total. The number of alkyl carbamates (subject to hydrolysis) is 1. The van der Waals surface area contributed by atoms with Crippen LogP contribution in [0.4, 0.5) is 21.0 Å². The van der Waals surface area contributed by atoms with Gasteiger partial charge in [0.05, 0.1) is 31.0 Å². The lowest BCUT2D eigenvalue weighted by Gasteiger charge is -2.42. The maximum Gasteiger partial charge on any atom is 0.411 e. The molecule has 5 amide bonds. The second kappa shape index (κ2) is 20.4. The molecule has 2 aliphatic rings. The molecule has 0 bridgehead atoms. The number of nitrogens with one attached hydrogen (secondary N) is 4. The Hall–Kier alpha value is -5.09. The lowest BCUT2D eigenvalue weighted by molar-refractivity contribution is -0.128. The molecular weight excluding hydrogens is 787 g/mol. The molecule has 2 fully saturated rings. The molecule has 1 heterocycles. The molecule has 330 valence electrons. The minimum Gasteiger partial charge on any atom is -0.540 e. The van der Waals surface area contributed by atoms with Crippen molar-refractivity contribution in [1.82, 2.24) is 15.5 Å². The van der Waals surface area contributed by atoms with E-state index in [1.807, 2.05) is 0 Å². The van der Waals surface area contributed by atoms with Gasteiger partial charge in [0, 0.05) is 18.3 Å². The molecule has 0 aromatic heterocycles. The van der Waals surface area contributed by atoms with E-state index in [2.05, 4.69) is 69.4 Å². The van der Waals surface area contributed by atoms with E-state index >= 15 is 0 Å². The van der Waals surface area contributed by atoms with E-state index < -0.39 is 44.4 Å². The van der Waals surface area contributed by atoms with E-state index in [0.717, 1.165) is 19.3 Å². The average molecular weight is 852 g/mol. The first-order valence-corrected chi connectivity index (χ1v) is 23.0. The number of carbonyl (C=O) groups excluding carboxylic acids is 5. The molecule has 4 rings (SSSR count). The third-order valence-electron chi connectivity index (χ3n) is 11.7. The normalized spacial score (nSPS) is 16.6. The van der Waals surface area contributed by atoms with Crippen LogP contribution < -0.4 is 30.4 Å². The molecule has 0 unspecified atom stereocenters. The molecule has 1 aliphatic carbocycles. The quantitative estimate of drug-likeness (QED) is 0.0704. The Balaban J connectivity index is 1.47. The first-order chi connectivity index (χ1) is 28.3. The van der Waals surface area contributed by atoms with E-state index in [0.29, 0.717) is 29.3 Å². The highest BCUT2D eigenvalue weighted by Gasteiger charge is 2.53. The lowest BCUT2D eigenvalue weighted by atomic mass is 10.0. The van der Waals surface area contributed by atoms with Gasteiger partial charge in [-0.3, -0.25) is 19.7 Å². The Morgan fingerprint density at radius 2 is 1.50 bits per heavy atom. The van der Waals surface area contributed by atoms with Crippen LogP contribution in [0.5, 0.6) is 11.5 Å². The zero-order chi connectivity index (χ0) is 44.5. The summed E-state index contributed by atoms with van der Waals surface area (Å²) in [6.45, 7) is 21.8. The van der Waals surface area contributed by atoms with Crippen molar-refractivity contribution in [3.05, 3.63) is 60.2 Å². The number of hydrogen-bond donors (Lipinski definition) is 5. The number of amides is 5. The van der Waals surface area contributed by atoms with Crippen molar-refractivity contribution in [2.24, 2.45) is 11.3 Å². The fourth-order valence-corrected chi connectivity index (χ4v) is 13.6. The van der Waals surface area contributed by atoms with Gasteiger partial charge in [-0.1, -0.05) is 80.2 Å². The van der Waals surface area contributed by atoms with Crippen molar-refractivity contribution >= 4 is 49.6 Å². The first-order valence-electron chi connectivity index (χ1n) is 20.8. The minimum absolute atomic E-state index is 0.0114. The van der Waals surface area contributed by atoms with Gasteiger partial charge in [-0.15, -0.1) is 0 Å². The van der Waals surface area contributed by atoms with Crippen LogP contribution in [-0.2, 0) is 25.7 Å². The number of likely N-dealkylation sites (tertiary alicyclic amines) is 1. The number of nitrogens with zero attached hydrogens (tertiary/aromatic N) is 1. The topological polar surface area (TPSA) is 194 Å². The van der Waals surface area contributed by atoms with Gasteiger partial charge in [0.25, 0.3) is 14.2 Å². The van der Waals surface area contributed by atoms with Crippen molar-refractivity contribution in [2.45, 2.75) is 123 Å². The predicted octanol–water partition coefficient (Wildman–Crippen LogP) is 7.37. The summed E-state index contributed by atoms with van der Waals surface area (Å²) in [5, 5.41) is 20.9. The van der Waals surface area contributed by atoms with Gasteiger partial charge < -0.3 is 44.6 Å². The van der Waals surface area contributed by atoms with Gasteiger partial charge in [-0.05, 0) is 77.9 Å². The van der Waals surface area contributed by atoms with Crippen molar-refractivity contribution in [3.8, 4) is 11.5 Å². The Labute approximate surface area is 355 Å². The molecule has 1 spiro atoms. The summed E-state index contributed by atoms with van der Waals surface area (Å²) >= 11 is 0. The van der Waals surface area contributed by atoms with Gasteiger partial charge in [0.15, 0.2) is 5.75 Å². The number of benzene rings is 2. The number of rotatable bonds is 19. The van der Waals surface area contributed by atoms with Gasteiger partial charge in [-0.2, -0.15) is 0 Å². The van der Waals surface area contributed by atoms with Crippen molar-refractivity contribution in [2.75, 3.05) is 37.5 Å². The van der Waals surface area contributed by atoms with Gasteiger partial charge in [0.2, 0.25) is 11.8 Å². The van der Waals surface area contributed by atoms with Crippen LogP contribution in [0.1, 0.15) is 97.5 Å². The number of hydrogen-bond acceptors (Lipinski definition) is 10. The lowest BCUT2D eigenvalue weighted by Crippen LogP contribution is -2.53. The Morgan fingerprint density at radius 3 is 2.03 bits per heavy atom. The van der Waals surface area contributed by atoms with Crippen LogP contribution in [-0.4, -0.2) is 93.2 Å². The highest BCUT2D eigenvalue weighted by Crippen LogP contribution is 2.55. The van der Waals surface area contributed by atoms with E-state index in [1.54, 1.807) is 55.1 Å². The van der Waals surface area contributed by atoms with E-state index in [1.165, 1.54) is 20.1 Å². The maximum atomic E-state index is 14.3. The molecule has 2 aromatic rings. The number of aliphatic hydroxyl groups is 1. The van der Waals surface area contributed by atoms with Crippen molar-refractivity contribution < 1.29 is 47.7 Å². The fraction of sp³-hybridized carbons (Fsp3) is 0.568. The second-order valence-corrected chi connectivity index (χ2v) is 22.7. The van der Waals surface area contributed by atoms with E-state index in [9.17, 15) is 29.1 Å². The molecule has 1 saturated carbocycles. The maximum absolute atomic E-state index is 14.3. The summed E-state index contributed by atoms with van der Waals surface area (Å²) in [5.41, 5.74) is 2.22. The van der Waals surface area contributed by atoms with E-state index in [-0.39, 0.29) is 71.0 Å². The van der Waals surface area contributed by atoms with Crippen LogP contribution in [0, 0.1) is 11.3 Å². The fourth-order valence-electron chi connectivity index (χ4n) is 8.32. The SMILES string of the molecule is C=CCOC(=O)N[C@@H](C(=O)N[C@@H](C)C(=O)Nc1ccc(COC(=O)Nc2cc(O[Si](C(C)C)(C(C)C)C(C)C)c(OC)cc2C(=O)N2CC3(CC3)C[C@H]2CO)cc1)C(C)C. The zero-order valence-corrected chi connectivity index (χ0v) is 37.8. The van der Waals surface area contributed by atoms with Gasteiger partial charge >= 0.3 is 12.2 Å². The zero-order valence-electron chi connectivity index (χ0n) is 36.8. The second-order valence-electron chi connectivity index (χ2n) is 17.3. The Kier molecular flexibility index (Phi) is 16.2. The molecule has 16 heteroatoms. The molecule has 0 radical (unpaired) electrons. The molecule has 60 heavy (non-hydrogen) atoms. The molecule has 2 aromatic carbocycles. The van der Waals surface area contributed by atoms with Gasteiger partial charge in [-0.25, -0.2) is 9.59 Å². The summed E-state index contributed by atoms with van der Waals surface area (Å²) < 4.78 is 23.4. The molecular formula is C44H65N5O10Si. The first kappa shape index (κ1) is 47.6. The van der Waals surface area contributed by atoms with Crippen LogP contribution in [0.25, 0.3) is 0 Å². The minimum atomic E-state index is -2.50. The highest BCUT2D eigenvalue weighted by molar-refractivity contribution is 6.78. The third-order valence-corrected chi connectivity index (χ3v) is 17.7. The summed E-state index contributed by atoms with van der Waals surface area (Å²) in [6.07, 6.45) is 2.58. The third kappa shape index (κ3) is 11.4. The molecule has 5 N–H and O–H groups in total. The molecule has 1 saturated heterocycles. The number of aliphatic hydroxyl groups excluding tert-OH is 1. The predicted molar refractivity (Wildman–Crippen MR) is 233 cm³/mol. The Morgan fingerprint density at radius 1 is 0.867 bits per heavy atom. The van der Waals surface area contributed by atoms with Crippen molar-refractivity contribution in [3.63, 3.8) is 0 Å². The van der Waals surface area contributed by atoms with Crippen LogP contribution in [0.2, 0.25) is 16.6 Å². The standard InChI is InChI=1S/C44H65N5O10Si/c1-12-19-57-43(55)48-38(26(2)3)40(52)45-30(10)39(51)46-32-15-13-31(14-16-32)24-58-42(54)47-35-21-37(59-60(27(4)5,28(6)7)29(8)9)36(56-11)20-34(35)41(53)49-25-44(17-18-44)22-33(49)23-50/h12-16,20-21,26-30,33,38,50H,1,17-19,22-25H2,2-11H3,(H,45,52)(H,46,51)(H,47,54)(H,48,55)/t30-,33-,38+/m0/s1. The summed E-state index contributed by atoms with van der Waals surface area (Å²) in [7, 11) is -0.976. The summed E-state index contributed by atoms with van der Waals surface area (Å²) in [5.74, 6) is -0.839. The van der Waals surface area contributed by atoms with E-state index in [4.69, 9.17) is 18.6 Å². The Bertz CT molecular complexity index is 1840. The number of carbonyl (C=O) groups is 5. The van der Waals surface area contributed by atoms with Crippen LogP contribution in [0.3, 0.4) is 0 Å². The number of ether oxygens (including phenoxy) is 3. The molecule has 1 aliphatic heterocycles. The summed E-state index contributed by atoms with van der Waals surface area (Å²) in [4.78, 5) is 67.4. The van der Waals surface area contributed by atoms with Crippen LogP contribution >= 0.6 is 0 Å².